The minimum Gasteiger partial charge on any atom is -0.486 e. The maximum Gasteiger partial charge on any atom is 0.335 e. The molecule has 0 rings (SSSR count). The summed E-state index contributed by atoms with van der Waals surface area (Å²) < 4.78 is 10.6. The summed E-state index contributed by atoms with van der Waals surface area (Å²) in [6.45, 7) is 7.88. The molecule has 7 heteroatoms. The molecule has 0 aliphatic carbocycles. The molecule has 6 nitrogen and oxygen atoms in total. The summed E-state index contributed by atoms with van der Waals surface area (Å²) in [6.07, 6.45) is 1.73. The fraction of sp³-hybridized carbons (Fsp3) is 0.889. The molecule has 0 aromatic heterocycles. The van der Waals surface area contributed by atoms with Gasteiger partial charge in [-0.1, -0.05) is 40.5 Å². The molecule has 0 spiro atoms. The molecule has 0 amide bonds. The van der Waals surface area contributed by atoms with Crippen molar-refractivity contribution in [2.24, 2.45) is 10.8 Å². The van der Waals surface area contributed by atoms with Crippen molar-refractivity contribution >= 4 is 23.2 Å². The van der Waals surface area contributed by atoms with E-state index in [0.717, 1.165) is 19.3 Å². The number of carbonyl (C=O) groups excluding carboxylic acids is 1. The highest BCUT2D eigenvalue weighted by Gasteiger charge is 2.28. The molecule has 0 radical (unpaired) electrons. The van der Waals surface area contributed by atoms with E-state index in [2.05, 4.69) is 0 Å². The second-order valence-electron chi connectivity index (χ2n) is 7.43. The number of rotatable bonds is 13. The van der Waals surface area contributed by atoms with Crippen LogP contribution in [0.25, 0.3) is 0 Å². The SMILES string of the molecule is CCCC(C)(CO)COC(=O)C(O)CC(=S)OCC(C)(CO)CCC. The summed E-state index contributed by atoms with van der Waals surface area (Å²) in [4.78, 5) is 11.9. The topological polar surface area (TPSA) is 96.2 Å². The molecule has 25 heavy (non-hydrogen) atoms. The number of carbonyl (C=O) groups is 1. The smallest absolute Gasteiger partial charge is 0.335 e. The van der Waals surface area contributed by atoms with Gasteiger partial charge in [0.1, 0.15) is 0 Å². The van der Waals surface area contributed by atoms with E-state index < -0.39 is 22.9 Å². The Morgan fingerprint density at radius 1 is 1.00 bits per heavy atom. The first kappa shape index (κ1) is 24.2. The van der Waals surface area contributed by atoms with Gasteiger partial charge >= 0.3 is 5.97 Å². The molecule has 0 bridgehead atoms. The van der Waals surface area contributed by atoms with Crippen molar-refractivity contribution in [2.45, 2.75) is 65.9 Å². The molecule has 3 atom stereocenters. The fourth-order valence-corrected chi connectivity index (χ4v) is 2.71. The minimum atomic E-state index is -1.40. The Hall–Kier alpha value is -0.760. The standard InChI is InChI=1S/C18H34O6S/c1-5-7-17(3,10-19)12-23-15(25)9-14(21)16(22)24-13-18(4,11-20)8-6-2/h14,19-21H,5-13H2,1-4H3. The van der Waals surface area contributed by atoms with Crippen LogP contribution in [0, 0.1) is 10.8 Å². The summed E-state index contributed by atoms with van der Waals surface area (Å²) >= 11 is 5.06. The molecule has 0 heterocycles. The van der Waals surface area contributed by atoms with Crippen molar-refractivity contribution in [3.8, 4) is 0 Å². The van der Waals surface area contributed by atoms with Gasteiger partial charge in [-0.2, -0.15) is 0 Å². The number of hydrogen-bond acceptors (Lipinski definition) is 7. The summed E-state index contributed by atoms with van der Waals surface area (Å²) in [7, 11) is 0. The largest absolute Gasteiger partial charge is 0.486 e. The van der Waals surface area contributed by atoms with Gasteiger partial charge in [0, 0.05) is 10.8 Å². The molecule has 0 aliphatic heterocycles. The van der Waals surface area contributed by atoms with E-state index >= 15 is 0 Å². The van der Waals surface area contributed by atoms with Crippen LogP contribution in [-0.4, -0.2) is 58.9 Å². The summed E-state index contributed by atoms with van der Waals surface area (Å²) in [5.41, 5.74) is -0.905. The Kier molecular flexibility index (Phi) is 11.4. The van der Waals surface area contributed by atoms with E-state index in [-0.39, 0.29) is 37.9 Å². The van der Waals surface area contributed by atoms with E-state index in [4.69, 9.17) is 21.7 Å². The lowest BCUT2D eigenvalue weighted by Gasteiger charge is -2.27. The van der Waals surface area contributed by atoms with Gasteiger partial charge in [-0.25, -0.2) is 4.79 Å². The van der Waals surface area contributed by atoms with Crippen LogP contribution in [-0.2, 0) is 14.3 Å². The van der Waals surface area contributed by atoms with E-state index in [1.165, 1.54) is 0 Å². The lowest BCUT2D eigenvalue weighted by atomic mass is 9.87. The van der Waals surface area contributed by atoms with Crippen LogP contribution in [0.3, 0.4) is 0 Å². The lowest BCUT2D eigenvalue weighted by molar-refractivity contribution is -0.157. The van der Waals surface area contributed by atoms with Gasteiger partial charge < -0.3 is 24.8 Å². The molecule has 0 aromatic carbocycles. The maximum atomic E-state index is 11.9. The highest BCUT2D eigenvalue weighted by molar-refractivity contribution is 7.80. The first-order valence-corrected chi connectivity index (χ1v) is 9.28. The fourth-order valence-electron chi connectivity index (χ4n) is 2.50. The Labute approximate surface area is 156 Å². The monoisotopic (exact) mass is 378 g/mol. The summed E-state index contributed by atoms with van der Waals surface area (Å²) in [5, 5.41) is 28.9. The number of ether oxygens (including phenoxy) is 2. The third-order valence-corrected chi connectivity index (χ3v) is 4.53. The Balaban J connectivity index is 4.36. The Morgan fingerprint density at radius 3 is 1.84 bits per heavy atom. The number of thiocarbonyl (C=S) groups is 1. The zero-order chi connectivity index (χ0) is 19.5. The molecule has 0 aliphatic rings. The van der Waals surface area contributed by atoms with Gasteiger partial charge in [-0.3, -0.25) is 0 Å². The molecule has 0 aromatic rings. The minimum absolute atomic E-state index is 0.0226. The van der Waals surface area contributed by atoms with Gasteiger partial charge in [0.2, 0.25) is 0 Å². The van der Waals surface area contributed by atoms with Gasteiger partial charge in [0.05, 0.1) is 32.8 Å². The zero-order valence-electron chi connectivity index (χ0n) is 15.9. The van der Waals surface area contributed by atoms with Crippen LogP contribution in [0.5, 0.6) is 0 Å². The molecule has 0 saturated heterocycles. The van der Waals surface area contributed by atoms with Crippen LogP contribution >= 0.6 is 12.2 Å². The molecular formula is C18H34O6S. The molecular weight excluding hydrogens is 344 g/mol. The van der Waals surface area contributed by atoms with Gasteiger partial charge in [-0.05, 0) is 25.1 Å². The van der Waals surface area contributed by atoms with E-state index in [1.54, 1.807) is 0 Å². The van der Waals surface area contributed by atoms with Crippen molar-refractivity contribution in [2.75, 3.05) is 26.4 Å². The van der Waals surface area contributed by atoms with Crippen LogP contribution in [0.15, 0.2) is 0 Å². The highest BCUT2D eigenvalue weighted by atomic mass is 32.1. The average Bonchev–Trinajstić information content (AvgIpc) is 2.58. The molecule has 3 N–H and O–H groups in total. The highest BCUT2D eigenvalue weighted by Crippen LogP contribution is 2.24. The van der Waals surface area contributed by atoms with Gasteiger partial charge in [0.25, 0.3) is 0 Å². The van der Waals surface area contributed by atoms with Crippen molar-refractivity contribution in [1.82, 2.24) is 0 Å². The van der Waals surface area contributed by atoms with Crippen molar-refractivity contribution < 1.29 is 29.6 Å². The molecule has 3 unspecified atom stereocenters. The van der Waals surface area contributed by atoms with Crippen molar-refractivity contribution in [3.63, 3.8) is 0 Å². The first-order chi connectivity index (χ1) is 11.6. The lowest BCUT2D eigenvalue weighted by Crippen LogP contribution is -2.34. The first-order valence-electron chi connectivity index (χ1n) is 8.87. The molecule has 0 saturated carbocycles. The molecule has 148 valence electrons. The quantitative estimate of drug-likeness (QED) is 0.334. The number of aliphatic hydroxyl groups excluding tert-OH is 3. The van der Waals surface area contributed by atoms with Gasteiger partial charge in [-0.15, -0.1) is 0 Å². The van der Waals surface area contributed by atoms with E-state index in [9.17, 15) is 20.1 Å². The maximum absolute atomic E-state index is 11.9. The van der Waals surface area contributed by atoms with Crippen LogP contribution in [0.2, 0.25) is 0 Å². The zero-order valence-corrected chi connectivity index (χ0v) is 16.7. The molecule has 0 fully saturated rings. The van der Waals surface area contributed by atoms with Crippen LogP contribution in [0.1, 0.15) is 59.8 Å². The van der Waals surface area contributed by atoms with Crippen molar-refractivity contribution in [1.29, 1.82) is 0 Å². The normalized spacial score (nSPS) is 17.2. The number of esters is 1. The van der Waals surface area contributed by atoms with E-state index in [0.29, 0.717) is 6.42 Å². The predicted octanol–water partition coefficient (Wildman–Crippen LogP) is 2.22. The summed E-state index contributed by atoms with van der Waals surface area (Å²) in [5.74, 6) is -0.778. The van der Waals surface area contributed by atoms with Crippen LogP contribution < -0.4 is 0 Å². The number of hydrogen-bond donors (Lipinski definition) is 3. The third kappa shape index (κ3) is 9.49. The second-order valence-corrected chi connectivity index (χ2v) is 7.88. The van der Waals surface area contributed by atoms with Crippen LogP contribution in [0.4, 0.5) is 0 Å². The third-order valence-electron chi connectivity index (χ3n) is 4.25. The summed E-state index contributed by atoms with van der Waals surface area (Å²) in [6, 6.07) is 0. The average molecular weight is 379 g/mol. The second kappa shape index (κ2) is 11.8. The Bertz CT molecular complexity index is 416. The van der Waals surface area contributed by atoms with Crippen molar-refractivity contribution in [3.05, 3.63) is 0 Å². The Morgan fingerprint density at radius 2 is 1.44 bits per heavy atom. The predicted molar refractivity (Wildman–Crippen MR) is 100 cm³/mol. The number of aliphatic hydroxyl groups is 3. The van der Waals surface area contributed by atoms with E-state index in [1.807, 2.05) is 27.7 Å². The van der Waals surface area contributed by atoms with Gasteiger partial charge in [0.15, 0.2) is 11.2 Å².